The van der Waals surface area contributed by atoms with Gasteiger partial charge in [-0.1, -0.05) is 0 Å². The maximum atomic E-state index is 13.9. The molecule has 10 heteroatoms. The molecule has 174 valence electrons. The quantitative estimate of drug-likeness (QED) is 0.555. The summed E-state index contributed by atoms with van der Waals surface area (Å²) in [7, 11) is 0. The van der Waals surface area contributed by atoms with Gasteiger partial charge >= 0.3 is 0 Å². The highest BCUT2D eigenvalue weighted by molar-refractivity contribution is 7.10. The summed E-state index contributed by atoms with van der Waals surface area (Å²) >= 11 is 1.56. The first-order valence-corrected chi connectivity index (χ1v) is 12.3. The van der Waals surface area contributed by atoms with E-state index < -0.39 is 17.5 Å². The van der Waals surface area contributed by atoms with Crippen LogP contribution >= 0.6 is 11.5 Å². The molecule has 1 saturated carbocycles. The van der Waals surface area contributed by atoms with Gasteiger partial charge in [0.05, 0.1) is 5.69 Å². The van der Waals surface area contributed by atoms with Crippen molar-refractivity contribution in [1.29, 1.82) is 0 Å². The first-order chi connectivity index (χ1) is 16.0. The van der Waals surface area contributed by atoms with Gasteiger partial charge in [0.2, 0.25) is 5.95 Å². The zero-order valence-corrected chi connectivity index (χ0v) is 19.1. The number of rotatable bonds is 4. The van der Waals surface area contributed by atoms with E-state index in [1.165, 1.54) is 17.8 Å². The molecule has 2 fully saturated rings. The van der Waals surface area contributed by atoms with Gasteiger partial charge in [-0.3, -0.25) is 0 Å². The average molecular weight is 475 g/mol. The smallest absolute Gasteiger partial charge is 0.242 e. The maximum Gasteiger partial charge on any atom is 0.242 e. The van der Waals surface area contributed by atoms with Crippen LogP contribution in [-0.4, -0.2) is 38.3 Å². The van der Waals surface area contributed by atoms with Crippen molar-refractivity contribution in [1.82, 2.24) is 19.1 Å². The summed E-state index contributed by atoms with van der Waals surface area (Å²) in [6, 6.07) is 4.62. The molecule has 1 unspecified atom stereocenters. The molecule has 33 heavy (non-hydrogen) atoms. The standard InChI is InChI=1S/C23H25F3N6S/c1-12-7-19(33-30-12)31-10-13-4-5-14(11-31)21(13)27-23-28-22-16(3-2-6-32(22)29-23)15-8-17(24)20(26)18(25)9-15/h7-9,13-14,16,21H,2-6,10-11H2,1H3,(H,27,29)/t13-,14+,16?,21-. The summed E-state index contributed by atoms with van der Waals surface area (Å²) in [6.07, 6.45) is 3.85. The molecule has 3 aliphatic rings. The lowest BCUT2D eigenvalue weighted by atomic mass is 9.91. The van der Waals surface area contributed by atoms with Crippen molar-refractivity contribution in [3.63, 3.8) is 0 Å². The van der Waals surface area contributed by atoms with E-state index in [-0.39, 0.29) is 5.92 Å². The minimum absolute atomic E-state index is 0.305. The summed E-state index contributed by atoms with van der Waals surface area (Å²) in [6.45, 7) is 4.71. The molecule has 4 atom stereocenters. The number of anilines is 2. The summed E-state index contributed by atoms with van der Waals surface area (Å²) in [4.78, 5) is 7.19. The minimum Gasteiger partial charge on any atom is -0.361 e. The monoisotopic (exact) mass is 474 g/mol. The van der Waals surface area contributed by atoms with Crippen molar-refractivity contribution < 1.29 is 13.2 Å². The lowest BCUT2D eigenvalue weighted by Crippen LogP contribution is -2.48. The second kappa shape index (κ2) is 8.00. The largest absolute Gasteiger partial charge is 0.361 e. The molecule has 1 aromatic carbocycles. The SMILES string of the molecule is Cc1cc(N2C[C@H]3CC[C@@H](C2)[C@@H]3Nc2nc3n(n2)CCCC3c2cc(F)c(F)c(F)c2)sn1. The van der Waals surface area contributed by atoms with Crippen molar-refractivity contribution in [2.45, 2.75) is 51.1 Å². The van der Waals surface area contributed by atoms with Gasteiger partial charge < -0.3 is 10.2 Å². The highest BCUT2D eigenvalue weighted by Gasteiger charge is 2.43. The first-order valence-electron chi connectivity index (χ1n) is 11.5. The van der Waals surface area contributed by atoms with Crippen LogP contribution in [-0.2, 0) is 6.54 Å². The molecule has 0 spiro atoms. The third-order valence-corrected chi connectivity index (χ3v) is 8.28. The van der Waals surface area contributed by atoms with Crippen molar-refractivity contribution in [3.05, 3.63) is 52.7 Å². The Hall–Kier alpha value is -2.62. The molecule has 1 N–H and O–H groups in total. The zero-order valence-electron chi connectivity index (χ0n) is 18.3. The van der Waals surface area contributed by atoms with E-state index in [1.807, 2.05) is 11.6 Å². The minimum atomic E-state index is -1.44. The molecule has 6 rings (SSSR count). The van der Waals surface area contributed by atoms with Crippen molar-refractivity contribution in [3.8, 4) is 0 Å². The van der Waals surface area contributed by atoms with Gasteiger partial charge in [0.15, 0.2) is 17.5 Å². The van der Waals surface area contributed by atoms with E-state index in [9.17, 15) is 13.2 Å². The second-order valence-corrected chi connectivity index (χ2v) is 10.3. The van der Waals surface area contributed by atoms with Gasteiger partial charge in [0.1, 0.15) is 10.8 Å². The molecule has 2 aliphatic heterocycles. The second-order valence-electron chi connectivity index (χ2n) is 9.49. The molecule has 6 nitrogen and oxygen atoms in total. The van der Waals surface area contributed by atoms with Gasteiger partial charge in [-0.05, 0) is 79.7 Å². The van der Waals surface area contributed by atoms with Crippen molar-refractivity contribution in [2.75, 3.05) is 23.3 Å². The van der Waals surface area contributed by atoms with Gasteiger partial charge in [-0.15, -0.1) is 5.10 Å². The Labute approximate surface area is 194 Å². The summed E-state index contributed by atoms with van der Waals surface area (Å²) in [5, 5.41) is 9.50. The van der Waals surface area contributed by atoms with Crippen molar-refractivity contribution in [2.24, 2.45) is 11.8 Å². The zero-order chi connectivity index (χ0) is 22.7. The number of nitrogens with one attached hydrogen (secondary N) is 1. The molecular weight excluding hydrogens is 449 g/mol. The van der Waals surface area contributed by atoms with Crippen LogP contribution in [0.3, 0.4) is 0 Å². The third kappa shape index (κ3) is 3.68. The fourth-order valence-corrected chi connectivity index (χ4v) is 6.57. The Kier molecular flexibility index (Phi) is 5.08. The van der Waals surface area contributed by atoms with E-state index in [0.29, 0.717) is 48.2 Å². The van der Waals surface area contributed by atoms with E-state index in [1.54, 1.807) is 11.5 Å². The van der Waals surface area contributed by atoms with Crippen molar-refractivity contribution >= 4 is 22.5 Å². The van der Waals surface area contributed by atoms with Crippen LogP contribution < -0.4 is 10.2 Å². The summed E-state index contributed by atoms with van der Waals surface area (Å²) < 4.78 is 47.4. The molecule has 0 radical (unpaired) electrons. The normalized spacial score (nSPS) is 26.5. The Balaban J connectivity index is 1.22. The topological polar surface area (TPSA) is 58.9 Å². The van der Waals surface area contributed by atoms with Gasteiger partial charge in [-0.25, -0.2) is 17.9 Å². The van der Waals surface area contributed by atoms with Crippen LogP contribution in [0.15, 0.2) is 18.2 Å². The number of aromatic nitrogens is 4. The molecule has 2 aromatic heterocycles. The Morgan fingerprint density at radius 3 is 2.42 bits per heavy atom. The number of fused-ring (bicyclic) bond motifs is 3. The van der Waals surface area contributed by atoms with Crippen LogP contribution in [0.2, 0.25) is 0 Å². The molecule has 1 saturated heterocycles. The van der Waals surface area contributed by atoms with Gasteiger partial charge in [0, 0.05) is 31.6 Å². The summed E-state index contributed by atoms with van der Waals surface area (Å²) in [5.41, 5.74) is 1.46. The molecule has 4 heterocycles. The molecule has 0 amide bonds. The van der Waals surface area contributed by atoms with E-state index in [0.717, 1.165) is 37.3 Å². The third-order valence-electron chi connectivity index (χ3n) is 7.34. The molecule has 1 aliphatic carbocycles. The number of piperidine rings is 1. The van der Waals surface area contributed by atoms with Crippen LogP contribution in [0.4, 0.5) is 24.1 Å². The Bertz CT molecular complexity index is 1160. The number of benzene rings is 1. The Morgan fingerprint density at radius 2 is 1.76 bits per heavy atom. The van der Waals surface area contributed by atoms with Crippen LogP contribution in [0.25, 0.3) is 0 Å². The lowest BCUT2D eigenvalue weighted by molar-refractivity contribution is 0.377. The number of nitrogens with zero attached hydrogens (tertiary/aromatic N) is 5. The highest BCUT2D eigenvalue weighted by Crippen LogP contribution is 2.41. The average Bonchev–Trinajstić information content (AvgIpc) is 3.47. The fourth-order valence-electron chi connectivity index (χ4n) is 5.79. The highest BCUT2D eigenvalue weighted by atomic mass is 32.1. The van der Waals surface area contributed by atoms with Crippen LogP contribution in [0.1, 0.15) is 48.7 Å². The van der Waals surface area contributed by atoms with Crippen LogP contribution in [0, 0.1) is 36.2 Å². The number of hydrogen-bond donors (Lipinski definition) is 1. The van der Waals surface area contributed by atoms with E-state index in [2.05, 4.69) is 25.8 Å². The molecule has 2 bridgehead atoms. The Morgan fingerprint density at radius 1 is 1.03 bits per heavy atom. The number of halogens is 3. The maximum absolute atomic E-state index is 13.9. The number of hydrogen-bond acceptors (Lipinski definition) is 6. The summed E-state index contributed by atoms with van der Waals surface area (Å²) in [5.74, 6) is -1.82. The molecule has 3 aromatic rings. The van der Waals surface area contributed by atoms with E-state index >= 15 is 0 Å². The predicted molar refractivity (Wildman–Crippen MR) is 120 cm³/mol. The van der Waals surface area contributed by atoms with E-state index in [4.69, 9.17) is 4.98 Å². The van der Waals surface area contributed by atoms with Gasteiger partial charge in [-0.2, -0.15) is 9.36 Å². The van der Waals surface area contributed by atoms with Gasteiger partial charge in [0.25, 0.3) is 0 Å². The fraction of sp³-hybridized carbons (Fsp3) is 0.522. The predicted octanol–water partition coefficient (Wildman–Crippen LogP) is 4.71. The first kappa shape index (κ1) is 20.9. The number of aryl methyl sites for hydroxylation is 2. The molecular formula is C23H25F3N6S. The lowest BCUT2D eigenvalue weighted by Gasteiger charge is -2.38. The van der Waals surface area contributed by atoms with Crippen LogP contribution in [0.5, 0.6) is 0 Å².